The molecule has 0 bridgehead atoms. The lowest BCUT2D eigenvalue weighted by atomic mass is 10.1. The number of amides is 1. The van der Waals surface area contributed by atoms with Crippen LogP contribution in [0.2, 0.25) is 5.15 Å². The van der Waals surface area contributed by atoms with Gasteiger partial charge in [-0.15, -0.1) is 0 Å². The number of carbonyl (C=O) groups is 3. The van der Waals surface area contributed by atoms with E-state index in [-0.39, 0.29) is 17.1 Å². The molecule has 108 valence electrons. The first kappa shape index (κ1) is 15.8. The number of nitrogens with one attached hydrogen (secondary N) is 1. The summed E-state index contributed by atoms with van der Waals surface area (Å²) in [5, 5.41) is 19.1. The van der Waals surface area contributed by atoms with E-state index in [4.69, 9.17) is 21.8 Å². The van der Waals surface area contributed by atoms with Gasteiger partial charge in [0.15, 0.2) is 0 Å². The van der Waals surface area contributed by atoms with Crippen molar-refractivity contribution in [2.75, 3.05) is 0 Å². The number of aliphatic carboxylic acids is 2. The van der Waals surface area contributed by atoms with Gasteiger partial charge in [0, 0.05) is 6.42 Å². The van der Waals surface area contributed by atoms with E-state index in [2.05, 4.69) is 10.3 Å². The number of carbonyl (C=O) groups excluding carboxylic acids is 1. The molecule has 1 atom stereocenters. The zero-order valence-electron chi connectivity index (χ0n) is 9.97. The zero-order valence-corrected chi connectivity index (χ0v) is 10.7. The molecule has 1 unspecified atom stereocenters. The summed E-state index contributed by atoms with van der Waals surface area (Å²) >= 11 is 5.60. The highest BCUT2D eigenvalue weighted by molar-refractivity contribution is 6.32. The molecule has 1 aromatic rings. The normalized spacial score (nSPS) is 11.7. The topological polar surface area (TPSA) is 117 Å². The Balaban J connectivity index is 2.82. The Bertz CT molecular complexity index is 552. The minimum atomic E-state index is -1.42. The third kappa shape index (κ3) is 4.47. The quantitative estimate of drug-likeness (QED) is 0.673. The minimum Gasteiger partial charge on any atom is -0.481 e. The van der Waals surface area contributed by atoms with Gasteiger partial charge in [-0.1, -0.05) is 11.6 Å². The van der Waals surface area contributed by atoms with Crippen LogP contribution >= 0.6 is 11.6 Å². The van der Waals surface area contributed by atoms with Gasteiger partial charge in [0.25, 0.3) is 5.91 Å². The maximum Gasteiger partial charge on any atom is 0.326 e. The number of hydrogen-bond donors (Lipinski definition) is 3. The van der Waals surface area contributed by atoms with Crippen molar-refractivity contribution in [1.82, 2.24) is 10.3 Å². The van der Waals surface area contributed by atoms with Crippen LogP contribution < -0.4 is 5.32 Å². The van der Waals surface area contributed by atoms with Crippen LogP contribution in [0.5, 0.6) is 0 Å². The molecule has 0 aromatic carbocycles. The minimum absolute atomic E-state index is 0.286. The Labute approximate surface area is 117 Å². The average molecular weight is 305 g/mol. The summed E-state index contributed by atoms with van der Waals surface area (Å²) in [6.07, 6.45) is 0.0569. The van der Waals surface area contributed by atoms with Crippen LogP contribution in [0.1, 0.15) is 23.2 Å². The molecule has 0 aliphatic heterocycles. The number of nitrogens with zero attached hydrogens (tertiary/aromatic N) is 1. The first-order chi connectivity index (χ1) is 9.31. The van der Waals surface area contributed by atoms with Gasteiger partial charge in [-0.25, -0.2) is 14.2 Å². The molecule has 20 heavy (non-hydrogen) atoms. The monoisotopic (exact) mass is 304 g/mol. The van der Waals surface area contributed by atoms with Gasteiger partial charge in [0.05, 0.1) is 11.8 Å². The first-order valence-electron chi connectivity index (χ1n) is 5.37. The molecule has 3 N–H and O–H groups in total. The van der Waals surface area contributed by atoms with E-state index in [0.717, 1.165) is 12.3 Å². The van der Waals surface area contributed by atoms with Crippen LogP contribution in [0.3, 0.4) is 0 Å². The van der Waals surface area contributed by atoms with Gasteiger partial charge >= 0.3 is 11.9 Å². The van der Waals surface area contributed by atoms with Crippen molar-refractivity contribution >= 4 is 29.4 Å². The second kappa shape index (κ2) is 6.80. The van der Waals surface area contributed by atoms with Crippen molar-refractivity contribution in [3.8, 4) is 0 Å². The maximum absolute atomic E-state index is 13.0. The van der Waals surface area contributed by atoms with Crippen LogP contribution in [0.25, 0.3) is 0 Å². The molecule has 1 rings (SSSR count). The maximum atomic E-state index is 13.0. The van der Waals surface area contributed by atoms with Crippen LogP contribution in [0.15, 0.2) is 12.3 Å². The lowest BCUT2D eigenvalue weighted by Gasteiger charge is -2.13. The Morgan fingerprint density at radius 2 is 2.05 bits per heavy atom. The van der Waals surface area contributed by atoms with Crippen molar-refractivity contribution < 1.29 is 29.0 Å². The third-order valence-electron chi connectivity index (χ3n) is 2.30. The molecule has 0 aliphatic carbocycles. The van der Waals surface area contributed by atoms with Crippen LogP contribution in [0, 0.1) is 5.82 Å². The van der Waals surface area contributed by atoms with Crippen LogP contribution in [0.4, 0.5) is 4.39 Å². The van der Waals surface area contributed by atoms with E-state index >= 15 is 0 Å². The Kier molecular flexibility index (Phi) is 5.39. The van der Waals surface area contributed by atoms with Crippen LogP contribution in [-0.4, -0.2) is 39.1 Å². The molecule has 9 heteroatoms. The predicted molar refractivity (Wildman–Crippen MR) is 65.0 cm³/mol. The van der Waals surface area contributed by atoms with Gasteiger partial charge in [-0.2, -0.15) is 0 Å². The highest BCUT2D eigenvalue weighted by Crippen LogP contribution is 2.14. The molecule has 1 aromatic heterocycles. The molecular formula is C11H10ClFN2O5. The molecule has 0 fully saturated rings. The molecule has 0 radical (unpaired) electrons. The Morgan fingerprint density at radius 1 is 1.40 bits per heavy atom. The number of hydrogen-bond acceptors (Lipinski definition) is 4. The fraction of sp³-hybridized carbons (Fsp3) is 0.273. The molecule has 1 heterocycles. The van der Waals surface area contributed by atoms with Gasteiger partial charge in [0.2, 0.25) is 0 Å². The largest absolute Gasteiger partial charge is 0.481 e. The fourth-order valence-corrected chi connectivity index (χ4v) is 1.53. The summed E-state index contributed by atoms with van der Waals surface area (Å²) < 4.78 is 13.0. The smallest absolute Gasteiger partial charge is 0.326 e. The lowest BCUT2D eigenvalue weighted by molar-refractivity contribution is -0.140. The van der Waals surface area contributed by atoms with Crippen molar-refractivity contribution in [2.24, 2.45) is 0 Å². The number of halogens is 2. The van der Waals surface area contributed by atoms with E-state index in [1.807, 2.05) is 0 Å². The van der Waals surface area contributed by atoms with Crippen molar-refractivity contribution in [3.05, 3.63) is 28.8 Å². The molecule has 0 aliphatic rings. The standard InChI is InChI=1S/C11H10ClFN2O5/c12-9-6(3-5(13)4-14-9)10(18)15-7(11(19)20)1-2-8(16)17/h3-4,7H,1-2H2,(H,15,18)(H,16,17)(H,19,20). The molecule has 0 spiro atoms. The summed E-state index contributed by atoms with van der Waals surface area (Å²) in [5.41, 5.74) is -0.326. The number of aromatic nitrogens is 1. The van der Waals surface area contributed by atoms with E-state index in [1.54, 1.807) is 0 Å². The predicted octanol–water partition coefficient (Wildman–Crippen LogP) is 0.922. The van der Waals surface area contributed by atoms with E-state index in [0.29, 0.717) is 0 Å². The molecule has 0 saturated heterocycles. The fourth-order valence-electron chi connectivity index (χ4n) is 1.34. The van der Waals surface area contributed by atoms with E-state index < -0.39 is 36.1 Å². The van der Waals surface area contributed by atoms with Gasteiger partial charge in [-0.05, 0) is 12.5 Å². The first-order valence-corrected chi connectivity index (χ1v) is 5.75. The second-order valence-corrected chi connectivity index (χ2v) is 4.15. The summed E-state index contributed by atoms with van der Waals surface area (Å²) in [7, 11) is 0. The van der Waals surface area contributed by atoms with Crippen LogP contribution in [-0.2, 0) is 9.59 Å². The summed E-state index contributed by atoms with van der Waals surface area (Å²) in [6.45, 7) is 0. The van der Waals surface area contributed by atoms with Gasteiger partial charge in [0.1, 0.15) is 17.0 Å². The highest BCUT2D eigenvalue weighted by Gasteiger charge is 2.23. The SMILES string of the molecule is O=C(O)CCC(NC(=O)c1cc(F)cnc1Cl)C(=O)O. The highest BCUT2D eigenvalue weighted by atomic mass is 35.5. The number of rotatable bonds is 6. The van der Waals surface area contributed by atoms with Crippen molar-refractivity contribution in [2.45, 2.75) is 18.9 Å². The molecule has 1 amide bonds. The van der Waals surface area contributed by atoms with Gasteiger partial charge < -0.3 is 15.5 Å². The van der Waals surface area contributed by atoms with Crippen molar-refractivity contribution in [1.29, 1.82) is 0 Å². The van der Waals surface area contributed by atoms with Crippen molar-refractivity contribution in [3.63, 3.8) is 0 Å². The average Bonchev–Trinajstić information content (AvgIpc) is 2.36. The summed E-state index contributed by atoms with van der Waals surface area (Å²) in [5.74, 6) is -4.35. The number of pyridine rings is 1. The van der Waals surface area contributed by atoms with E-state index in [1.165, 1.54) is 0 Å². The number of carboxylic acid groups (broad SMARTS) is 2. The zero-order chi connectivity index (χ0) is 15.3. The van der Waals surface area contributed by atoms with Gasteiger partial charge in [-0.3, -0.25) is 9.59 Å². The number of carboxylic acids is 2. The Hall–Kier alpha value is -2.22. The molecule has 7 nitrogen and oxygen atoms in total. The summed E-state index contributed by atoms with van der Waals surface area (Å²) in [6, 6.07) is -0.612. The third-order valence-corrected chi connectivity index (χ3v) is 2.60. The molecular weight excluding hydrogens is 295 g/mol. The Morgan fingerprint density at radius 3 is 2.60 bits per heavy atom. The van der Waals surface area contributed by atoms with E-state index in [9.17, 15) is 18.8 Å². The summed E-state index contributed by atoms with van der Waals surface area (Å²) in [4.78, 5) is 36.5. The lowest BCUT2D eigenvalue weighted by Crippen LogP contribution is -2.41. The second-order valence-electron chi connectivity index (χ2n) is 3.79. The molecule has 0 saturated carbocycles.